The molecule has 0 aliphatic carbocycles. The normalized spacial score (nSPS) is 53.4. The minimum atomic E-state index is -2.03. The standard InChI is InChI=1S/C36H62O28S3/c37-1-7-13(43)14(44)23(53)34(60-7)66-29-11(5-41)58-32(21(51)18(29)48)64-27-9(3-39)62-36(25(55)16(27)46)67-30-12(6-42)59-33(22(52)19(30)49)63-26-8(2-38)61-35(24(54)15(26)45)65-28-10(4-40)57-31(56)20(50)17(28)47/h7-56H,1-6H2/t7-,8-,9-,10-,11-,12-,13-,14+,15-,16-,17-,18-,19-,20-,21-,22-,23-,24-,25-,26-,27-,28-,29-,30-,31?,32+,33+,34+,35+,36+/m1/s1. The largest absolute Gasteiger partial charge is 0.394 e. The van der Waals surface area contributed by atoms with Crippen molar-refractivity contribution in [1.29, 1.82) is 0 Å². The van der Waals surface area contributed by atoms with E-state index in [0.29, 0.717) is 35.3 Å². The quantitative estimate of drug-likeness (QED) is 0.0682. The lowest BCUT2D eigenvalue weighted by atomic mass is 9.98. The molecule has 0 aromatic heterocycles. The zero-order chi connectivity index (χ0) is 49.3. The van der Waals surface area contributed by atoms with E-state index in [4.69, 9.17) is 37.9 Å². The van der Waals surface area contributed by atoms with Crippen LogP contribution >= 0.6 is 35.3 Å². The summed E-state index contributed by atoms with van der Waals surface area (Å²) in [5, 5.41) is 207. The third-order valence-electron chi connectivity index (χ3n) is 12.4. The molecule has 0 aromatic carbocycles. The van der Waals surface area contributed by atoms with Crippen LogP contribution in [0.25, 0.3) is 0 Å². The second-order valence-corrected chi connectivity index (χ2v) is 20.6. The molecule has 6 aliphatic heterocycles. The maximum absolute atomic E-state index is 11.3. The molecule has 30 atom stereocenters. The monoisotopic (exact) mass is 1040 g/mol. The van der Waals surface area contributed by atoms with Crippen molar-refractivity contribution in [3.8, 4) is 0 Å². The summed E-state index contributed by atoms with van der Waals surface area (Å²) in [7, 11) is 0. The van der Waals surface area contributed by atoms with Crippen LogP contribution in [0.5, 0.6) is 0 Å². The van der Waals surface area contributed by atoms with E-state index in [1.165, 1.54) is 0 Å². The maximum atomic E-state index is 11.3. The Balaban J connectivity index is 1.07. The Morgan fingerprint density at radius 2 is 0.597 bits per heavy atom. The van der Waals surface area contributed by atoms with Gasteiger partial charge in [-0.15, -0.1) is 35.3 Å². The summed E-state index contributed by atoms with van der Waals surface area (Å²) in [5.41, 5.74) is -4.46. The molecule has 67 heavy (non-hydrogen) atoms. The highest BCUT2D eigenvalue weighted by atomic mass is 32.2. The lowest BCUT2D eigenvalue weighted by Crippen LogP contribution is -2.65. The first kappa shape index (κ1) is 56.2. The second-order valence-electron chi connectivity index (χ2n) is 16.8. The Morgan fingerprint density at radius 3 is 0.955 bits per heavy atom. The van der Waals surface area contributed by atoms with Crippen LogP contribution in [0.2, 0.25) is 0 Å². The van der Waals surface area contributed by atoms with Gasteiger partial charge < -0.3 is 140 Å². The summed E-state index contributed by atoms with van der Waals surface area (Å²) in [6, 6.07) is 0. The molecule has 20 N–H and O–H groups in total. The van der Waals surface area contributed by atoms with Crippen molar-refractivity contribution >= 4 is 35.3 Å². The van der Waals surface area contributed by atoms with Crippen molar-refractivity contribution in [2.75, 3.05) is 39.6 Å². The molecule has 0 saturated carbocycles. The van der Waals surface area contributed by atoms with Crippen molar-refractivity contribution < 1.29 is 140 Å². The second kappa shape index (κ2) is 24.3. The van der Waals surface area contributed by atoms with E-state index in [0.717, 1.165) is 0 Å². The van der Waals surface area contributed by atoms with Crippen molar-refractivity contribution in [2.24, 2.45) is 0 Å². The zero-order valence-corrected chi connectivity index (χ0v) is 37.4. The third kappa shape index (κ3) is 11.7. The van der Waals surface area contributed by atoms with E-state index in [-0.39, 0.29) is 0 Å². The van der Waals surface area contributed by atoms with Gasteiger partial charge >= 0.3 is 0 Å². The van der Waals surface area contributed by atoms with Gasteiger partial charge in [0, 0.05) is 0 Å². The van der Waals surface area contributed by atoms with E-state index in [1.54, 1.807) is 0 Å². The smallest absolute Gasteiger partial charge is 0.187 e. The van der Waals surface area contributed by atoms with Crippen molar-refractivity contribution in [2.45, 2.75) is 179 Å². The van der Waals surface area contributed by atoms with Crippen molar-refractivity contribution in [3.05, 3.63) is 0 Å². The molecule has 0 radical (unpaired) electrons. The molecule has 6 saturated heterocycles. The number of ether oxygens (including phenoxy) is 8. The van der Waals surface area contributed by atoms with Crippen molar-refractivity contribution in [3.63, 3.8) is 0 Å². The Labute approximate surface area is 393 Å². The van der Waals surface area contributed by atoms with E-state index in [2.05, 4.69) is 0 Å². The predicted molar refractivity (Wildman–Crippen MR) is 219 cm³/mol. The predicted octanol–water partition coefficient (Wildman–Crippen LogP) is -12.0. The van der Waals surface area contributed by atoms with Gasteiger partial charge in [-0.2, -0.15) is 0 Å². The number of aliphatic hydroxyl groups excluding tert-OH is 20. The van der Waals surface area contributed by atoms with Crippen LogP contribution in [0.15, 0.2) is 0 Å². The first-order valence-corrected chi connectivity index (χ1v) is 24.0. The number of rotatable bonds is 16. The lowest BCUT2D eigenvalue weighted by molar-refractivity contribution is -0.322. The minimum absolute atomic E-state index is 0.536. The molecule has 392 valence electrons. The molecule has 6 rings (SSSR count). The van der Waals surface area contributed by atoms with Gasteiger partial charge in [-0.05, 0) is 0 Å². The van der Waals surface area contributed by atoms with Gasteiger partial charge in [0.2, 0.25) is 0 Å². The van der Waals surface area contributed by atoms with Crippen LogP contribution in [0.4, 0.5) is 0 Å². The van der Waals surface area contributed by atoms with Gasteiger partial charge in [-0.3, -0.25) is 0 Å². The van der Waals surface area contributed by atoms with Gasteiger partial charge in [0.05, 0.1) is 92.0 Å². The van der Waals surface area contributed by atoms with Crippen LogP contribution in [0, 0.1) is 0 Å². The molecule has 0 spiro atoms. The summed E-state index contributed by atoms with van der Waals surface area (Å²) < 4.78 is 45.0. The Morgan fingerprint density at radius 1 is 0.284 bits per heavy atom. The fourth-order valence-electron chi connectivity index (χ4n) is 8.52. The molecule has 0 amide bonds. The number of thioether (sulfide) groups is 3. The summed E-state index contributed by atoms with van der Waals surface area (Å²) in [5.74, 6) is 0. The first-order chi connectivity index (χ1) is 31.8. The van der Waals surface area contributed by atoms with Gasteiger partial charge in [0.15, 0.2) is 18.9 Å². The zero-order valence-electron chi connectivity index (χ0n) is 35.0. The molecule has 31 heteroatoms. The van der Waals surface area contributed by atoms with Gasteiger partial charge in [-0.25, -0.2) is 0 Å². The van der Waals surface area contributed by atoms with E-state index in [1.807, 2.05) is 0 Å². The van der Waals surface area contributed by atoms with Gasteiger partial charge in [-0.1, -0.05) is 0 Å². The van der Waals surface area contributed by atoms with E-state index in [9.17, 15) is 102 Å². The van der Waals surface area contributed by atoms with E-state index < -0.39 is 219 Å². The highest BCUT2D eigenvalue weighted by Gasteiger charge is 2.57. The van der Waals surface area contributed by atoms with Crippen LogP contribution < -0.4 is 0 Å². The molecular formula is C36H62O28S3. The summed E-state index contributed by atoms with van der Waals surface area (Å²) in [6.07, 6.45) is -41.8. The Hall–Kier alpha value is -0.0700. The molecule has 0 bridgehead atoms. The number of hydrogen-bond acceptors (Lipinski definition) is 31. The fraction of sp³-hybridized carbons (Fsp3) is 1.00. The summed E-state index contributed by atoms with van der Waals surface area (Å²) >= 11 is 1.75. The summed E-state index contributed by atoms with van der Waals surface area (Å²) in [6.45, 7) is -5.03. The molecule has 0 aromatic rings. The Kier molecular flexibility index (Phi) is 20.4. The highest BCUT2D eigenvalue weighted by molar-refractivity contribution is 8.01. The van der Waals surface area contributed by atoms with Crippen LogP contribution in [0.3, 0.4) is 0 Å². The van der Waals surface area contributed by atoms with Gasteiger partial charge in [0.1, 0.15) is 108 Å². The minimum Gasteiger partial charge on any atom is -0.394 e. The fourth-order valence-corrected chi connectivity index (χ4v) is 13.0. The van der Waals surface area contributed by atoms with Gasteiger partial charge in [0.25, 0.3) is 0 Å². The molecule has 6 fully saturated rings. The van der Waals surface area contributed by atoms with Crippen LogP contribution in [-0.2, 0) is 37.9 Å². The molecule has 1 unspecified atom stereocenters. The average molecular weight is 1040 g/mol. The average Bonchev–Trinajstić information content (AvgIpc) is 3.32. The maximum Gasteiger partial charge on any atom is 0.187 e. The Bertz CT molecular complexity index is 1510. The third-order valence-corrected chi connectivity index (χ3v) is 17.1. The molecule has 6 heterocycles. The molecule has 28 nitrogen and oxygen atoms in total. The molecule has 6 aliphatic rings. The van der Waals surface area contributed by atoms with Crippen molar-refractivity contribution in [1.82, 2.24) is 0 Å². The van der Waals surface area contributed by atoms with Crippen LogP contribution in [-0.4, -0.2) is 321 Å². The summed E-state index contributed by atoms with van der Waals surface area (Å²) in [4.78, 5) is 0. The first-order valence-electron chi connectivity index (χ1n) is 21.1. The lowest BCUT2D eigenvalue weighted by Gasteiger charge is -2.49. The number of aliphatic hydroxyl groups is 20. The van der Waals surface area contributed by atoms with E-state index >= 15 is 0 Å². The number of hydrogen-bond donors (Lipinski definition) is 20. The highest BCUT2D eigenvalue weighted by Crippen LogP contribution is 2.43. The van der Waals surface area contributed by atoms with Crippen LogP contribution in [0.1, 0.15) is 0 Å². The topological polar surface area (TPSA) is 478 Å². The molecular weight excluding hydrogens is 977 g/mol. The SMILES string of the molecule is OC[C@H]1O[C@@H](S[C@H]2[C@H](O)[C@@H](O)[C@H](O[C@H]3[C@H](O)[C@@H](O)[C@H](S[C@H]4[C@H](O)[C@@H](O)[C@H](O[C@H]5[C@H](O)[C@@H](O)[C@H](S[C@H]6[C@H](O)[C@@H](O)C(O)O[C@@H]6CO)O[C@@H]5CO)O[C@@H]4CO)O[C@@H]3CO)O[C@@H]2CO)[C@H](O)[C@@H](O)[C@@H]1O.